The Morgan fingerprint density at radius 1 is 1.60 bits per heavy atom. The summed E-state index contributed by atoms with van der Waals surface area (Å²) in [5.74, 6) is 0. The molecular weight excluding hydrogens is 190 g/mol. The lowest BCUT2D eigenvalue weighted by Crippen LogP contribution is -2.22. The topological polar surface area (TPSA) is 50.3 Å². The molecule has 1 unspecified atom stereocenters. The standard InChI is InChI=1S/C11H17N3O/c1-4-9-8-5-11(15-7(2)3)12-6-10(8)14-13-9/h6-7,11H,4-5H2,1-3H3,(H,13,14). The van der Waals surface area contributed by atoms with Gasteiger partial charge in [0.25, 0.3) is 0 Å². The van der Waals surface area contributed by atoms with Crippen molar-refractivity contribution >= 4 is 6.21 Å². The van der Waals surface area contributed by atoms with Crippen LogP contribution in [0.5, 0.6) is 0 Å². The highest BCUT2D eigenvalue weighted by atomic mass is 16.5. The van der Waals surface area contributed by atoms with Crippen molar-refractivity contribution in [2.45, 2.75) is 45.9 Å². The summed E-state index contributed by atoms with van der Waals surface area (Å²) in [6, 6.07) is 0. The summed E-state index contributed by atoms with van der Waals surface area (Å²) in [4.78, 5) is 4.33. The Morgan fingerprint density at radius 3 is 3.07 bits per heavy atom. The maximum atomic E-state index is 5.68. The molecule has 1 aromatic rings. The number of aromatic amines is 1. The summed E-state index contributed by atoms with van der Waals surface area (Å²) >= 11 is 0. The molecule has 4 nitrogen and oxygen atoms in total. The minimum Gasteiger partial charge on any atom is -0.354 e. The number of ether oxygens (including phenoxy) is 1. The zero-order valence-electron chi connectivity index (χ0n) is 9.45. The van der Waals surface area contributed by atoms with Crippen LogP contribution in [0.4, 0.5) is 0 Å². The van der Waals surface area contributed by atoms with Gasteiger partial charge in [0.15, 0.2) is 6.23 Å². The van der Waals surface area contributed by atoms with E-state index in [0.717, 1.165) is 18.5 Å². The van der Waals surface area contributed by atoms with Crippen LogP contribution in [0.15, 0.2) is 4.99 Å². The third-order valence-electron chi connectivity index (χ3n) is 2.51. The van der Waals surface area contributed by atoms with E-state index in [-0.39, 0.29) is 12.3 Å². The lowest BCUT2D eigenvalue weighted by Gasteiger charge is -2.19. The smallest absolute Gasteiger partial charge is 0.152 e. The zero-order valence-corrected chi connectivity index (χ0v) is 9.45. The number of nitrogens with zero attached hydrogens (tertiary/aromatic N) is 2. The molecule has 0 bridgehead atoms. The van der Waals surface area contributed by atoms with Gasteiger partial charge in [0.2, 0.25) is 0 Å². The normalized spacial score (nSPS) is 19.6. The summed E-state index contributed by atoms with van der Waals surface area (Å²) in [6.07, 6.45) is 3.79. The molecule has 1 aromatic heterocycles. The first-order valence-electron chi connectivity index (χ1n) is 5.45. The van der Waals surface area contributed by atoms with Gasteiger partial charge < -0.3 is 4.74 Å². The van der Waals surface area contributed by atoms with E-state index in [4.69, 9.17) is 4.74 Å². The summed E-state index contributed by atoms with van der Waals surface area (Å²) in [6.45, 7) is 6.18. The molecule has 0 aliphatic carbocycles. The molecule has 0 fully saturated rings. The quantitative estimate of drug-likeness (QED) is 0.820. The van der Waals surface area contributed by atoms with Crippen molar-refractivity contribution in [3.63, 3.8) is 0 Å². The summed E-state index contributed by atoms with van der Waals surface area (Å²) in [7, 11) is 0. The number of rotatable bonds is 3. The largest absolute Gasteiger partial charge is 0.354 e. The van der Waals surface area contributed by atoms with E-state index in [1.165, 1.54) is 11.3 Å². The second-order valence-corrected chi connectivity index (χ2v) is 4.04. The van der Waals surface area contributed by atoms with Crippen molar-refractivity contribution in [2.24, 2.45) is 4.99 Å². The molecule has 1 aliphatic rings. The van der Waals surface area contributed by atoms with E-state index in [9.17, 15) is 0 Å². The SMILES string of the molecule is CCc1[nH]nc2c1CC(OC(C)C)N=C2. The first-order chi connectivity index (χ1) is 7.20. The Kier molecular flexibility index (Phi) is 2.86. The van der Waals surface area contributed by atoms with Crippen molar-refractivity contribution < 1.29 is 4.74 Å². The fraction of sp³-hybridized carbons (Fsp3) is 0.636. The van der Waals surface area contributed by atoms with Crippen molar-refractivity contribution in [1.82, 2.24) is 10.2 Å². The van der Waals surface area contributed by atoms with Gasteiger partial charge in [-0.2, -0.15) is 5.10 Å². The fourth-order valence-electron chi connectivity index (χ4n) is 1.82. The van der Waals surface area contributed by atoms with Crippen LogP contribution in [0.2, 0.25) is 0 Å². The average molecular weight is 207 g/mol. The minimum atomic E-state index is -0.0413. The molecule has 4 heteroatoms. The molecule has 15 heavy (non-hydrogen) atoms. The molecule has 0 saturated heterocycles. The average Bonchev–Trinajstić information content (AvgIpc) is 2.59. The molecule has 0 aromatic carbocycles. The molecule has 0 radical (unpaired) electrons. The molecule has 0 spiro atoms. The van der Waals surface area contributed by atoms with Gasteiger partial charge >= 0.3 is 0 Å². The van der Waals surface area contributed by atoms with Gasteiger partial charge in [-0.1, -0.05) is 6.92 Å². The van der Waals surface area contributed by atoms with Gasteiger partial charge in [0, 0.05) is 17.7 Å². The van der Waals surface area contributed by atoms with Crippen LogP contribution >= 0.6 is 0 Å². The van der Waals surface area contributed by atoms with Crippen LogP contribution in [0.25, 0.3) is 0 Å². The minimum absolute atomic E-state index is 0.0413. The van der Waals surface area contributed by atoms with Crippen LogP contribution < -0.4 is 0 Å². The van der Waals surface area contributed by atoms with Gasteiger partial charge in [-0.15, -0.1) is 0 Å². The number of hydrogen-bond donors (Lipinski definition) is 1. The molecule has 1 atom stereocenters. The number of aryl methyl sites for hydroxylation is 1. The Labute approximate surface area is 89.8 Å². The first-order valence-corrected chi connectivity index (χ1v) is 5.45. The van der Waals surface area contributed by atoms with Crippen LogP contribution in [0, 0.1) is 0 Å². The zero-order chi connectivity index (χ0) is 10.8. The molecule has 0 saturated carbocycles. The highest BCUT2D eigenvalue weighted by Gasteiger charge is 2.20. The maximum absolute atomic E-state index is 5.68. The molecule has 0 amide bonds. The maximum Gasteiger partial charge on any atom is 0.152 e. The highest BCUT2D eigenvalue weighted by Crippen LogP contribution is 2.19. The number of aromatic nitrogens is 2. The number of nitrogens with one attached hydrogen (secondary N) is 1. The monoisotopic (exact) mass is 207 g/mol. The number of fused-ring (bicyclic) bond motifs is 1. The second-order valence-electron chi connectivity index (χ2n) is 4.04. The molecule has 1 N–H and O–H groups in total. The first kappa shape index (κ1) is 10.4. The van der Waals surface area contributed by atoms with Gasteiger partial charge in [0.1, 0.15) is 5.69 Å². The second kappa shape index (κ2) is 4.14. The molecule has 1 aliphatic heterocycles. The van der Waals surface area contributed by atoms with Crippen molar-refractivity contribution in [3.8, 4) is 0 Å². The third kappa shape index (κ3) is 2.09. The molecule has 2 heterocycles. The van der Waals surface area contributed by atoms with Gasteiger partial charge in [-0.05, 0) is 20.3 Å². The summed E-state index contributed by atoms with van der Waals surface area (Å²) in [5.41, 5.74) is 3.43. The Morgan fingerprint density at radius 2 is 2.40 bits per heavy atom. The van der Waals surface area contributed by atoms with E-state index in [1.54, 1.807) is 0 Å². The van der Waals surface area contributed by atoms with Gasteiger partial charge in [-0.25, -0.2) is 0 Å². The number of H-pyrrole nitrogens is 1. The molecule has 82 valence electrons. The van der Waals surface area contributed by atoms with Crippen molar-refractivity contribution in [2.75, 3.05) is 0 Å². The fourth-order valence-corrected chi connectivity index (χ4v) is 1.82. The van der Waals surface area contributed by atoms with Crippen LogP contribution in [0.3, 0.4) is 0 Å². The molecular formula is C11H17N3O. The van der Waals surface area contributed by atoms with E-state index < -0.39 is 0 Å². The Hall–Kier alpha value is -1.16. The van der Waals surface area contributed by atoms with Crippen molar-refractivity contribution in [3.05, 3.63) is 17.0 Å². The Balaban J connectivity index is 2.16. The third-order valence-corrected chi connectivity index (χ3v) is 2.51. The van der Waals surface area contributed by atoms with Crippen molar-refractivity contribution in [1.29, 1.82) is 0 Å². The van der Waals surface area contributed by atoms with E-state index in [0.29, 0.717) is 0 Å². The van der Waals surface area contributed by atoms with Gasteiger partial charge in [-0.3, -0.25) is 10.1 Å². The van der Waals surface area contributed by atoms with Crippen LogP contribution in [-0.2, 0) is 17.6 Å². The number of hydrogen-bond acceptors (Lipinski definition) is 3. The molecule has 2 rings (SSSR count). The summed E-state index contributed by atoms with van der Waals surface area (Å²) < 4.78 is 5.68. The predicted molar refractivity (Wildman–Crippen MR) is 59.3 cm³/mol. The lowest BCUT2D eigenvalue weighted by molar-refractivity contribution is 0.0132. The number of aliphatic imine (C=N–C) groups is 1. The van der Waals surface area contributed by atoms with Crippen LogP contribution in [0.1, 0.15) is 37.7 Å². The van der Waals surface area contributed by atoms with Gasteiger partial charge in [0.05, 0.1) is 12.3 Å². The Bertz CT molecular complexity index is 368. The van der Waals surface area contributed by atoms with Crippen LogP contribution in [-0.4, -0.2) is 28.7 Å². The lowest BCUT2D eigenvalue weighted by atomic mass is 10.1. The predicted octanol–water partition coefficient (Wildman–Crippen LogP) is 1.70. The summed E-state index contributed by atoms with van der Waals surface area (Å²) in [5, 5.41) is 7.25. The van der Waals surface area contributed by atoms with E-state index >= 15 is 0 Å². The highest BCUT2D eigenvalue weighted by molar-refractivity contribution is 5.80. The van der Waals surface area contributed by atoms with E-state index in [2.05, 4.69) is 22.1 Å². The van der Waals surface area contributed by atoms with E-state index in [1.807, 2.05) is 20.1 Å².